The Morgan fingerprint density at radius 2 is 1.81 bits per heavy atom. The van der Waals surface area contributed by atoms with Crippen LogP contribution < -0.4 is 14.2 Å². The number of benzene rings is 2. The van der Waals surface area contributed by atoms with Gasteiger partial charge in [0.1, 0.15) is 17.0 Å². The van der Waals surface area contributed by atoms with Crippen LogP contribution in [0.5, 0.6) is 23.0 Å². The summed E-state index contributed by atoms with van der Waals surface area (Å²) in [5.74, 6) is 0.606. The molecule has 2 aromatic heterocycles. The number of halogens is 1. The number of rotatable bonds is 6. The number of ether oxygens (including phenoxy) is 3. The van der Waals surface area contributed by atoms with Crippen LogP contribution in [0.15, 0.2) is 54.9 Å². The zero-order valence-corrected chi connectivity index (χ0v) is 19.8. The van der Waals surface area contributed by atoms with E-state index in [9.17, 15) is 14.3 Å². The summed E-state index contributed by atoms with van der Waals surface area (Å²) in [6.07, 6.45) is 3.96. The Labute approximate surface area is 206 Å². The van der Waals surface area contributed by atoms with Crippen molar-refractivity contribution in [1.82, 2.24) is 19.7 Å². The maximum Gasteiger partial charge on any atom is 0.407 e. The van der Waals surface area contributed by atoms with Crippen molar-refractivity contribution < 1.29 is 28.5 Å². The second-order valence-electron chi connectivity index (χ2n) is 8.45. The Morgan fingerprint density at radius 1 is 1.06 bits per heavy atom. The first-order valence-corrected chi connectivity index (χ1v) is 11.5. The van der Waals surface area contributed by atoms with Gasteiger partial charge in [-0.1, -0.05) is 6.07 Å². The molecular formula is C26H25FN4O5. The predicted octanol–water partition coefficient (Wildman–Crippen LogP) is 5.36. The fraction of sp³-hybridized carbons (Fsp3) is 0.269. The topological polar surface area (TPSA) is 98.9 Å². The maximum atomic E-state index is 14.5. The molecule has 0 spiro atoms. The maximum absolute atomic E-state index is 14.5. The molecule has 1 atom stereocenters. The number of amides is 1. The summed E-state index contributed by atoms with van der Waals surface area (Å²) >= 11 is 0. The van der Waals surface area contributed by atoms with Gasteiger partial charge in [-0.05, 0) is 49.2 Å². The molecule has 3 heterocycles. The highest BCUT2D eigenvalue weighted by Crippen LogP contribution is 2.37. The van der Waals surface area contributed by atoms with Crippen molar-refractivity contribution in [2.75, 3.05) is 27.3 Å². The van der Waals surface area contributed by atoms with Crippen LogP contribution in [-0.4, -0.2) is 58.2 Å². The van der Waals surface area contributed by atoms with Crippen LogP contribution in [0.25, 0.3) is 22.2 Å². The molecule has 1 amide bonds. The molecule has 0 saturated carbocycles. The van der Waals surface area contributed by atoms with Crippen molar-refractivity contribution in [3.05, 3.63) is 60.7 Å². The number of nitrogens with zero attached hydrogens (tertiary/aromatic N) is 4. The van der Waals surface area contributed by atoms with Crippen molar-refractivity contribution in [1.29, 1.82) is 0 Å². The number of carboxylic acid groups (broad SMARTS) is 1. The Hall–Kier alpha value is -4.34. The molecule has 186 valence electrons. The summed E-state index contributed by atoms with van der Waals surface area (Å²) in [5, 5.41) is 15.2. The molecule has 1 aliphatic heterocycles. The number of fused-ring (bicyclic) bond motifs is 1. The molecule has 0 radical (unpaired) electrons. The lowest BCUT2D eigenvalue weighted by molar-refractivity contribution is 0.120. The standard InChI is InChI=1S/C26H25FN4O5/c1-34-20-6-3-7-21(23(20)27)36-18-10-8-16(9-11-18)24-19-13-28-14-22(35-2)25(19)31(29-24)17-5-4-12-30(15-17)26(32)33/h3,6-11,13-14,17H,4-5,12,15H2,1-2H3,(H,32,33)/t17-/m1/s1. The van der Waals surface area contributed by atoms with Crippen LogP contribution in [0.2, 0.25) is 0 Å². The van der Waals surface area contributed by atoms with Gasteiger partial charge in [-0.25, -0.2) is 4.79 Å². The molecule has 5 rings (SSSR count). The number of piperidine rings is 1. The second-order valence-corrected chi connectivity index (χ2v) is 8.45. The zero-order chi connectivity index (χ0) is 25.2. The smallest absolute Gasteiger partial charge is 0.407 e. The highest BCUT2D eigenvalue weighted by molar-refractivity contribution is 5.96. The summed E-state index contributed by atoms with van der Waals surface area (Å²) < 4.78 is 32.7. The van der Waals surface area contributed by atoms with Gasteiger partial charge >= 0.3 is 6.09 Å². The van der Waals surface area contributed by atoms with E-state index < -0.39 is 11.9 Å². The minimum atomic E-state index is -0.937. The van der Waals surface area contributed by atoms with Gasteiger partial charge in [0, 0.05) is 24.8 Å². The van der Waals surface area contributed by atoms with E-state index in [-0.39, 0.29) is 17.5 Å². The van der Waals surface area contributed by atoms with Crippen LogP contribution in [0.3, 0.4) is 0 Å². The molecule has 0 unspecified atom stereocenters. The fourth-order valence-electron chi connectivity index (χ4n) is 4.55. The Bertz CT molecular complexity index is 1410. The van der Waals surface area contributed by atoms with Gasteiger partial charge in [0.15, 0.2) is 17.2 Å². The van der Waals surface area contributed by atoms with E-state index in [0.29, 0.717) is 30.3 Å². The third kappa shape index (κ3) is 4.26. The van der Waals surface area contributed by atoms with E-state index in [1.165, 1.54) is 24.1 Å². The largest absolute Gasteiger partial charge is 0.494 e. The van der Waals surface area contributed by atoms with E-state index in [2.05, 4.69) is 4.98 Å². The number of pyridine rings is 1. The lowest BCUT2D eigenvalue weighted by Crippen LogP contribution is -2.40. The molecule has 1 aliphatic rings. The zero-order valence-electron chi connectivity index (χ0n) is 19.8. The summed E-state index contributed by atoms with van der Waals surface area (Å²) in [4.78, 5) is 17.3. The van der Waals surface area contributed by atoms with Gasteiger partial charge in [0.05, 0.1) is 31.8 Å². The van der Waals surface area contributed by atoms with Crippen molar-refractivity contribution in [2.45, 2.75) is 18.9 Å². The SMILES string of the molecule is COc1cccc(Oc2ccc(-c3nn([C@@H]4CCCN(C(=O)O)C4)c4c(OC)cncc34)cc2)c1F. The van der Waals surface area contributed by atoms with Crippen molar-refractivity contribution in [3.8, 4) is 34.3 Å². The Morgan fingerprint density at radius 3 is 2.53 bits per heavy atom. The number of hydrogen-bond donors (Lipinski definition) is 1. The molecule has 10 heteroatoms. The summed E-state index contributed by atoms with van der Waals surface area (Å²) in [6, 6.07) is 11.7. The van der Waals surface area contributed by atoms with E-state index in [1.807, 2.05) is 16.8 Å². The van der Waals surface area contributed by atoms with Crippen molar-refractivity contribution >= 4 is 17.0 Å². The van der Waals surface area contributed by atoms with E-state index in [0.717, 1.165) is 29.3 Å². The first-order chi connectivity index (χ1) is 17.5. The fourth-order valence-corrected chi connectivity index (χ4v) is 4.55. The summed E-state index contributed by atoms with van der Waals surface area (Å²) in [7, 11) is 2.97. The molecule has 0 aliphatic carbocycles. The molecule has 9 nitrogen and oxygen atoms in total. The number of likely N-dealkylation sites (tertiary alicyclic amines) is 1. The molecule has 2 aromatic carbocycles. The second kappa shape index (κ2) is 9.73. The predicted molar refractivity (Wildman–Crippen MR) is 130 cm³/mol. The highest BCUT2D eigenvalue weighted by Gasteiger charge is 2.28. The summed E-state index contributed by atoms with van der Waals surface area (Å²) in [5.41, 5.74) is 2.25. The Balaban J connectivity index is 1.51. The van der Waals surface area contributed by atoms with Gasteiger partial charge < -0.3 is 24.2 Å². The molecular weight excluding hydrogens is 467 g/mol. The number of aromatic nitrogens is 3. The van der Waals surface area contributed by atoms with Gasteiger partial charge in [0.2, 0.25) is 5.82 Å². The van der Waals surface area contributed by atoms with Gasteiger partial charge in [-0.3, -0.25) is 9.67 Å². The Kier molecular flexibility index (Phi) is 6.32. The molecule has 0 bridgehead atoms. The van der Waals surface area contributed by atoms with Crippen LogP contribution in [0, 0.1) is 5.82 Å². The lowest BCUT2D eigenvalue weighted by atomic mass is 10.1. The molecule has 4 aromatic rings. The number of methoxy groups -OCH3 is 2. The van der Waals surface area contributed by atoms with Gasteiger partial charge in [0.25, 0.3) is 0 Å². The number of hydrogen-bond acceptors (Lipinski definition) is 6. The van der Waals surface area contributed by atoms with E-state index in [1.54, 1.807) is 37.7 Å². The minimum absolute atomic E-state index is 0.0612. The normalized spacial score (nSPS) is 15.6. The third-order valence-corrected chi connectivity index (χ3v) is 6.31. The third-order valence-electron chi connectivity index (χ3n) is 6.31. The van der Waals surface area contributed by atoms with Gasteiger partial charge in [-0.2, -0.15) is 9.49 Å². The van der Waals surface area contributed by atoms with Gasteiger partial charge in [-0.15, -0.1) is 0 Å². The molecule has 1 N–H and O–H groups in total. The first-order valence-electron chi connectivity index (χ1n) is 11.5. The van der Waals surface area contributed by atoms with Crippen LogP contribution in [0.1, 0.15) is 18.9 Å². The van der Waals surface area contributed by atoms with E-state index >= 15 is 0 Å². The average Bonchev–Trinajstić information content (AvgIpc) is 3.30. The first kappa shape index (κ1) is 23.4. The highest BCUT2D eigenvalue weighted by atomic mass is 19.1. The van der Waals surface area contributed by atoms with Crippen molar-refractivity contribution in [2.24, 2.45) is 0 Å². The molecule has 1 fully saturated rings. The molecule has 36 heavy (non-hydrogen) atoms. The van der Waals surface area contributed by atoms with Crippen LogP contribution in [0.4, 0.5) is 9.18 Å². The minimum Gasteiger partial charge on any atom is -0.494 e. The quantitative estimate of drug-likeness (QED) is 0.387. The summed E-state index contributed by atoms with van der Waals surface area (Å²) in [6.45, 7) is 0.849. The lowest BCUT2D eigenvalue weighted by Gasteiger charge is -2.31. The van der Waals surface area contributed by atoms with Crippen molar-refractivity contribution in [3.63, 3.8) is 0 Å². The molecule has 1 saturated heterocycles. The number of carbonyl (C=O) groups is 1. The average molecular weight is 493 g/mol. The van der Waals surface area contributed by atoms with Crippen LogP contribution in [-0.2, 0) is 0 Å². The van der Waals surface area contributed by atoms with Crippen LogP contribution >= 0.6 is 0 Å². The monoisotopic (exact) mass is 492 g/mol. The van der Waals surface area contributed by atoms with E-state index in [4.69, 9.17) is 19.3 Å².